The number of alkyl halides is 2. The van der Waals surface area contributed by atoms with Gasteiger partial charge in [-0.15, -0.1) is 0 Å². The van der Waals surface area contributed by atoms with Crippen molar-refractivity contribution in [2.45, 2.75) is 38.2 Å². The zero-order chi connectivity index (χ0) is 24.8. The van der Waals surface area contributed by atoms with E-state index in [1.54, 1.807) is 25.2 Å². The van der Waals surface area contributed by atoms with Crippen LogP contribution in [0.5, 0.6) is 0 Å². The van der Waals surface area contributed by atoms with Crippen molar-refractivity contribution in [3.05, 3.63) is 70.4 Å². The summed E-state index contributed by atoms with van der Waals surface area (Å²) in [5.74, 6) is 0.482. The molecule has 0 fully saturated rings. The van der Waals surface area contributed by atoms with Gasteiger partial charge >= 0.3 is 0 Å². The van der Waals surface area contributed by atoms with Crippen LogP contribution in [0.4, 0.5) is 31.9 Å². The summed E-state index contributed by atoms with van der Waals surface area (Å²) >= 11 is 6.32. The molecular weight excluding hydrogens is 474 g/mol. The Labute approximate surface area is 207 Å². The van der Waals surface area contributed by atoms with Gasteiger partial charge in [-0.25, -0.2) is 13.8 Å². The van der Waals surface area contributed by atoms with Crippen LogP contribution < -0.4 is 21.3 Å². The van der Waals surface area contributed by atoms with Crippen molar-refractivity contribution >= 4 is 40.6 Å². The Morgan fingerprint density at radius 3 is 2.66 bits per heavy atom. The number of nitrogens with zero attached hydrogens (tertiary/aromatic N) is 2. The Morgan fingerprint density at radius 2 is 1.89 bits per heavy atom. The second-order valence-electron chi connectivity index (χ2n) is 8.32. The molecule has 4 rings (SSSR count). The van der Waals surface area contributed by atoms with E-state index in [4.69, 9.17) is 11.6 Å². The predicted molar refractivity (Wildman–Crippen MR) is 134 cm³/mol. The van der Waals surface area contributed by atoms with Crippen molar-refractivity contribution in [2.75, 3.05) is 24.2 Å². The number of aryl methyl sites for hydroxylation is 2. The van der Waals surface area contributed by atoms with E-state index >= 15 is 0 Å². The average Bonchev–Trinajstić information content (AvgIpc) is 3.06. The van der Waals surface area contributed by atoms with Crippen molar-refractivity contribution in [3.8, 4) is 0 Å². The Hall–Kier alpha value is -3.30. The first-order valence-electron chi connectivity index (χ1n) is 11.4. The summed E-state index contributed by atoms with van der Waals surface area (Å²) in [6, 6.07) is 13.2. The van der Waals surface area contributed by atoms with Gasteiger partial charge in [0.15, 0.2) is 5.82 Å². The number of para-hydroxylation sites is 1. The summed E-state index contributed by atoms with van der Waals surface area (Å²) in [6.45, 7) is -0.272. The van der Waals surface area contributed by atoms with Crippen LogP contribution in [0, 0.1) is 0 Å². The van der Waals surface area contributed by atoms with Gasteiger partial charge in [0.1, 0.15) is 5.02 Å². The van der Waals surface area contributed by atoms with E-state index in [2.05, 4.69) is 43.4 Å². The lowest BCUT2D eigenvalue weighted by Crippen LogP contribution is -2.33. The maximum Gasteiger partial charge on any atom is 0.253 e. The minimum absolute atomic E-state index is 0.0821. The fourth-order valence-corrected chi connectivity index (χ4v) is 4.28. The number of carbonyl (C=O) groups is 1. The number of aromatic nitrogens is 2. The smallest absolute Gasteiger partial charge is 0.253 e. The second kappa shape index (κ2) is 11.4. The maximum absolute atomic E-state index is 12.5. The predicted octanol–water partition coefficient (Wildman–Crippen LogP) is 5.08. The molecule has 7 nitrogen and oxygen atoms in total. The van der Waals surface area contributed by atoms with Crippen molar-refractivity contribution in [2.24, 2.45) is 0 Å². The standard InChI is InChI=1S/C25H27ClF2N6O/c1-29-24(35)19-4-2-3-5-21(19)33-23-20(26)13-31-25(34-23)32-18-11-7-15-6-9-17(30-14-22(27)28)10-8-16(15)12-18/h2-5,7,11-13,17,22,30H,6,8-10,14H2,1H3,(H,29,35)(H2,31,32,33,34). The van der Waals surface area contributed by atoms with Gasteiger partial charge in [-0.2, -0.15) is 4.98 Å². The van der Waals surface area contributed by atoms with Crippen molar-refractivity contribution in [1.29, 1.82) is 0 Å². The van der Waals surface area contributed by atoms with Gasteiger partial charge in [0, 0.05) is 18.8 Å². The van der Waals surface area contributed by atoms with Crippen LogP contribution >= 0.6 is 11.6 Å². The number of benzene rings is 2. The monoisotopic (exact) mass is 500 g/mol. The van der Waals surface area contributed by atoms with E-state index < -0.39 is 6.43 Å². The summed E-state index contributed by atoms with van der Waals surface area (Å²) in [4.78, 5) is 21.0. The van der Waals surface area contributed by atoms with Crippen LogP contribution in [-0.2, 0) is 12.8 Å². The van der Waals surface area contributed by atoms with E-state index in [9.17, 15) is 13.6 Å². The second-order valence-corrected chi connectivity index (χ2v) is 8.73. The maximum atomic E-state index is 12.5. The lowest BCUT2D eigenvalue weighted by Gasteiger charge is -2.15. The molecule has 1 amide bonds. The fraction of sp³-hybridized carbons (Fsp3) is 0.320. The molecule has 1 atom stereocenters. The number of hydrogen-bond donors (Lipinski definition) is 4. The molecule has 1 unspecified atom stereocenters. The van der Waals surface area contributed by atoms with Crippen LogP contribution in [0.2, 0.25) is 5.02 Å². The molecule has 1 aliphatic carbocycles. The first-order chi connectivity index (χ1) is 16.9. The summed E-state index contributed by atoms with van der Waals surface area (Å²) in [5, 5.41) is 12.2. The van der Waals surface area contributed by atoms with E-state index in [-0.39, 0.29) is 18.5 Å². The highest BCUT2D eigenvalue weighted by Gasteiger charge is 2.18. The third-order valence-corrected chi connectivity index (χ3v) is 6.22. The number of halogens is 3. The quantitative estimate of drug-likeness (QED) is 0.322. The highest BCUT2D eigenvalue weighted by Crippen LogP contribution is 2.28. The van der Waals surface area contributed by atoms with Crippen molar-refractivity contribution in [1.82, 2.24) is 20.6 Å². The molecule has 0 saturated heterocycles. The van der Waals surface area contributed by atoms with Gasteiger partial charge in [-0.3, -0.25) is 4.79 Å². The summed E-state index contributed by atoms with van der Waals surface area (Å²) in [7, 11) is 1.57. The highest BCUT2D eigenvalue weighted by atomic mass is 35.5. The Morgan fingerprint density at radius 1 is 1.11 bits per heavy atom. The number of fused-ring (bicyclic) bond motifs is 1. The number of anilines is 4. The lowest BCUT2D eigenvalue weighted by molar-refractivity contribution is 0.0964. The van der Waals surface area contributed by atoms with Gasteiger partial charge in [0.25, 0.3) is 12.3 Å². The Bertz CT molecular complexity index is 1190. The average molecular weight is 501 g/mol. The number of hydrogen-bond acceptors (Lipinski definition) is 6. The highest BCUT2D eigenvalue weighted by molar-refractivity contribution is 6.33. The van der Waals surface area contributed by atoms with E-state index in [1.807, 2.05) is 12.1 Å². The van der Waals surface area contributed by atoms with Crippen LogP contribution in [0.15, 0.2) is 48.7 Å². The summed E-state index contributed by atoms with van der Waals surface area (Å²) in [5.41, 5.74) is 4.26. The summed E-state index contributed by atoms with van der Waals surface area (Å²) in [6.07, 6.45) is 2.43. The Kier molecular flexibility index (Phi) is 8.09. The molecule has 0 bridgehead atoms. The number of nitrogens with one attached hydrogen (secondary N) is 4. The van der Waals surface area contributed by atoms with Gasteiger partial charge < -0.3 is 21.3 Å². The van der Waals surface area contributed by atoms with Crippen LogP contribution in [-0.4, -0.2) is 41.9 Å². The molecule has 0 radical (unpaired) electrons. The molecule has 1 aliphatic rings. The number of amides is 1. The molecule has 184 valence electrons. The molecule has 1 aromatic heterocycles. The first kappa shape index (κ1) is 24.8. The van der Waals surface area contributed by atoms with Crippen molar-refractivity contribution in [3.63, 3.8) is 0 Å². The van der Waals surface area contributed by atoms with Gasteiger partial charge in [-0.05, 0) is 61.1 Å². The molecule has 35 heavy (non-hydrogen) atoms. The third kappa shape index (κ3) is 6.43. The number of rotatable bonds is 8. The normalized spacial score (nSPS) is 15.3. The topological polar surface area (TPSA) is 91.0 Å². The SMILES string of the molecule is CNC(=O)c1ccccc1Nc1nc(Nc2ccc3c(c2)CCC(NCC(F)F)CC3)ncc1Cl. The largest absolute Gasteiger partial charge is 0.355 e. The molecular formula is C25H27ClF2N6O. The fourth-order valence-electron chi connectivity index (χ4n) is 4.14. The van der Waals surface area contributed by atoms with E-state index in [0.717, 1.165) is 31.4 Å². The van der Waals surface area contributed by atoms with Crippen LogP contribution in [0.3, 0.4) is 0 Å². The third-order valence-electron chi connectivity index (χ3n) is 5.94. The van der Waals surface area contributed by atoms with Gasteiger partial charge in [0.2, 0.25) is 5.95 Å². The van der Waals surface area contributed by atoms with Crippen LogP contribution in [0.25, 0.3) is 0 Å². The zero-order valence-electron chi connectivity index (χ0n) is 19.2. The lowest BCUT2D eigenvalue weighted by atomic mass is 10.0. The number of carbonyl (C=O) groups excluding carboxylic acids is 1. The van der Waals surface area contributed by atoms with E-state index in [0.29, 0.717) is 28.0 Å². The molecule has 0 saturated carbocycles. The summed E-state index contributed by atoms with van der Waals surface area (Å²) < 4.78 is 25.1. The van der Waals surface area contributed by atoms with E-state index in [1.165, 1.54) is 17.3 Å². The van der Waals surface area contributed by atoms with Crippen LogP contribution in [0.1, 0.15) is 34.3 Å². The molecule has 1 heterocycles. The molecule has 10 heteroatoms. The minimum atomic E-state index is -2.34. The Balaban J connectivity index is 1.48. The minimum Gasteiger partial charge on any atom is -0.355 e. The molecule has 4 N–H and O–H groups in total. The molecule has 0 aliphatic heterocycles. The first-order valence-corrected chi connectivity index (χ1v) is 11.8. The van der Waals surface area contributed by atoms with Gasteiger partial charge in [0.05, 0.1) is 24.0 Å². The van der Waals surface area contributed by atoms with Gasteiger partial charge in [-0.1, -0.05) is 29.8 Å². The molecule has 3 aromatic rings. The zero-order valence-corrected chi connectivity index (χ0v) is 20.0. The molecule has 2 aromatic carbocycles. The molecule has 0 spiro atoms. The van der Waals surface area contributed by atoms with Crippen molar-refractivity contribution < 1.29 is 13.6 Å².